The van der Waals surface area contributed by atoms with Crippen molar-refractivity contribution in [2.75, 3.05) is 7.05 Å². The number of hydrogen-bond acceptors (Lipinski definition) is 4. The summed E-state index contributed by atoms with van der Waals surface area (Å²) in [6, 6.07) is 14.0. The summed E-state index contributed by atoms with van der Waals surface area (Å²) >= 11 is 3.31. The van der Waals surface area contributed by atoms with Gasteiger partial charge in [-0.3, -0.25) is 4.79 Å². The maximum atomic E-state index is 12.8. The van der Waals surface area contributed by atoms with Crippen molar-refractivity contribution < 1.29 is 9.21 Å². The second-order valence-electron chi connectivity index (χ2n) is 5.51. The highest BCUT2D eigenvalue weighted by molar-refractivity contribution is 7.33. The zero-order valence-corrected chi connectivity index (χ0v) is 14.4. The van der Waals surface area contributed by atoms with Crippen molar-refractivity contribution in [3.8, 4) is 0 Å². The van der Waals surface area contributed by atoms with Crippen LogP contribution in [0.2, 0.25) is 0 Å². The van der Waals surface area contributed by atoms with Crippen molar-refractivity contribution in [2.45, 2.75) is 13.0 Å². The van der Waals surface area contributed by atoms with E-state index in [2.05, 4.69) is 12.1 Å². The molecular weight excluding hydrogens is 326 g/mol. The van der Waals surface area contributed by atoms with E-state index in [1.54, 1.807) is 33.8 Å². The van der Waals surface area contributed by atoms with E-state index in [0.29, 0.717) is 0 Å². The van der Waals surface area contributed by atoms with Crippen LogP contribution >= 0.6 is 22.7 Å². The SMILES string of the molecule is CC(c1ccco1)N(C)C(=O)c1cc2sc3ccccc3c2s1. The third-order valence-electron chi connectivity index (χ3n) is 4.12. The standard InChI is InChI=1S/C18H15NO2S2/c1-11(13-7-5-9-21-13)19(2)18(20)16-10-15-17(23-16)12-6-3-4-8-14(12)22-15/h3-11H,1-2H3. The summed E-state index contributed by atoms with van der Waals surface area (Å²) in [5.74, 6) is 0.830. The van der Waals surface area contributed by atoms with Crippen molar-refractivity contribution in [3.05, 3.63) is 59.4 Å². The lowest BCUT2D eigenvalue weighted by Crippen LogP contribution is -2.28. The van der Waals surface area contributed by atoms with Gasteiger partial charge in [0.25, 0.3) is 5.91 Å². The summed E-state index contributed by atoms with van der Waals surface area (Å²) in [7, 11) is 1.82. The zero-order chi connectivity index (χ0) is 16.0. The Morgan fingerprint density at radius 2 is 1.96 bits per heavy atom. The molecule has 0 aliphatic heterocycles. The van der Waals surface area contributed by atoms with Gasteiger partial charge in [-0.05, 0) is 31.2 Å². The summed E-state index contributed by atoms with van der Waals surface area (Å²) in [6.45, 7) is 1.97. The molecule has 4 rings (SSSR count). The molecular formula is C18H15NO2S2. The van der Waals surface area contributed by atoms with Gasteiger partial charge in [0.15, 0.2) is 0 Å². The fourth-order valence-electron chi connectivity index (χ4n) is 2.67. The van der Waals surface area contributed by atoms with Gasteiger partial charge >= 0.3 is 0 Å². The number of carbonyl (C=O) groups excluding carboxylic acids is 1. The van der Waals surface area contributed by atoms with Crippen LogP contribution in [-0.2, 0) is 0 Å². The second kappa shape index (κ2) is 5.51. The van der Waals surface area contributed by atoms with Gasteiger partial charge in [-0.15, -0.1) is 22.7 Å². The van der Waals surface area contributed by atoms with Crippen molar-refractivity contribution in [2.24, 2.45) is 0 Å². The molecule has 3 heterocycles. The van der Waals surface area contributed by atoms with Gasteiger partial charge < -0.3 is 9.32 Å². The smallest absolute Gasteiger partial charge is 0.264 e. The summed E-state index contributed by atoms with van der Waals surface area (Å²) in [6.07, 6.45) is 1.64. The highest BCUT2D eigenvalue weighted by Gasteiger charge is 2.23. The lowest BCUT2D eigenvalue weighted by molar-refractivity contribution is 0.0731. The molecule has 5 heteroatoms. The first kappa shape index (κ1) is 14.5. The molecule has 23 heavy (non-hydrogen) atoms. The molecule has 3 nitrogen and oxygen atoms in total. The van der Waals surface area contributed by atoms with E-state index >= 15 is 0 Å². The summed E-state index contributed by atoms with van der Waals surface area (Å²) in [5, 5.41) is 1.23. The molecule has 0 spiro atoms. The third kappa shape index (κ3) is 2.36. The third-order valence-corrected chi connectivity index (χ3v) is 6.52. The van der Waals surface area contributed by atoms with E-state index in [1.807, 2.05) is 44.3 Å². The van der Waals surface area contributed by atoms with Crippen molar-refractivity contribution in [1.82, 2.24) is 4.90 Å². The molecule has 0 saturated carbocycles. The zero-order valence-electron chi connectivity index (χ0n) is 12.8. The number of fused-ring (bicyclic) bond motifs is 3. The van der Waals surface area contributed by atoms with Crippen LogP contribution in [0.3, 0.4) is 0 Å². The van der Waals surface area contributed by atoms with Gasteiger partial charge in [0, 0.05) is 21.8 Å². The lowest BCUT2D eigenvalue weighted by atomic mass is 10.2. The van der Waals surface area contributed by atoms with Crippen LogP contribution in [-0.4, -0.2) is 17.9 Å². The highest BCUT2D eigenvalue weighted by Crippen LogP contribution is 2.39. The number of amides is 1. The van der Waals surface area contributed by atoms with Gasteiger partial charge in [-0.2, -0.15) is 0 Å². The van der Waals surface area contributed by atoms with Crippen LogP contribution < -0.4 is 0 Å². The molecule has 0 N–H and O–H groups in total. The second-order valence-corrected chi connectivity index (χ2v) is 7.65. The monoisotopic (exact) mass is 341 g/mol. The number of hydrogen-bond donors (Lipinski definition) is 0. The molecule has 0 aliphatic carbocycles. The minimum Gasteiger partial charge on any atom is -0.467 e. The average Bonchev–Trinajstić information content (AvgIpc) is 3.27. The molecule has 3 aromatic heterocycles. The maximum absolute atomic E-state index is 12.8. The van der Waals surface area contributed by atoms with Crippen molar-refractivity contribution >= 4 is 48.1 Å². The molecule has 4 aromatic rings. The first-order valence-electron chi connectivity index (χ1n) is 7.37. The quantitative estimate of drug-likeness (QED) is 0.490. The average molecular weight is 341 g/mol. The predicted molar refractivity (Wildman–Crippen MR) is 96.4 cm³/mol. The number of furan rings is 1. The Labute approximate surface area is 141 Å². The van der Waals surface area contributed by atoms with E-state index in [-0.39, 0.29) is 11.9 Å². The molecule has 0 saturated heterocycles. The molecule has 0 fully saturated rings. The topological polar surface area (TPSA) is 33.5 Å². The molecule has 1 aromatic carbocycles. The molecule has 0 bridgehead atoms. The molecule has 116 valence electrons. The number of thiophene rings is 2. The largest absolute Gasteiger partial charge is 0.467 e. The summed E-state index contributed by atoms with van der Waals surface area (Å²) in [5.41, 5.74) is 0. The first-order valence-corrected chi connectivity index (χ1v) is 9.00. The predicted octanol–water partition coefficient (Wildman–Crippen LogP) is 5.54. The first-order chi connectivity index (χ1) is 11.1. The number of carbonyl (C=O) groups is 1. The lowest BCUT2D eigenvalue weighted by Gasteiger charge is -2.22. The maximum Gasteiger partial charge on any atom is 0.264 e. The van der Waals surface area contributed by atoms with Crippen molar-refractivity contribution in [1.29, 1.82) is 0 Å². The number of benzene rings is 1. The Morgan fingerprint density at radius 1 is 1.13 bits per heavy atom. The van der Waals surface area contributed by atoms with E-state index in [0.717, 1.165) is 10.6 Å². The summed E-state index contributed by atoms with van der Waals surface area (Å²) < 4.78 is 9.07. The Hall–Kier alpha value is -2.11. The fraction of sp³-hybridized carbons (Fsp3) is 0.167. The Balaban J connectivity index is 1.69. The summed E-state index contributed by atoms with van der Waals surface area (Å²) in [4.78, 5) is 15.3. The molecule has 1 atom stereocenters. The van der Waals surface area contributed by atoms with E-state index in [9.17, 15) is 4.79 Å². The van der Waals surface area contributed by atoms with E-state index < -0.39 is 0 Å². The van der Waals surface area contributed by atoms with E-state index in [4.69, 9.17) is 4.42 Å². The Kier molecular flexibility index (Phi) is 3.47. The van der Waals surface area contributed by atoms with Crippen LogP contribution in [0.4, 0.5) is 0 Å². The Bertz CT molecular complexity index is 981. The minimum absolute atomic E-state index is 0.0337. The van der Waals surface area contributed by atoms with Crippen LogP contribution in [0.25, 0.3) is 19.5 Å². The Morgan fingerprint density at radius 3 is 2.74 bits per heavy atom. The van der Waals surface area contributed by atoms with Gasteiger partial charge in [0.2, 0.25) is 0 Å². The van der Waals surface area contributed by atoms with Gasteiger partial charge in [-0.25, -0.2) is 0 Å². The highest BCUT2D eigenvalue weighted by atomic mass is 32.1. The minimum atomic E-state index is -0.0885. The van der Waals surface area contributed by atoms with E-state index in [1.165, 1.54) is 19.5 Å². The molecule has 0 radical (unpaired) electrons. The van der Waals surface area contributed by atoms with Gasteiger partial charge in [-0.1, -0.05) is 18.2 Å². The molecule has 0 aliphatic rings. The van der Waals surface area contributed by atoms with Crippen LogP contribution in [0.5, 0.6) is 0 Å². The van der Waals surface area contributed by atoms with Gasteiger partial charge in [0.1, 0.15) is 5.76 Å². The van der Waals surface area contributed by atoms with Crippen LogP contribution in [0.1, 0.15) is 28.4 Å². The normalized spacial score (nSPS) is 12.8. The molecule has 1 unspecified atom stereocenters. The number of rotatable bonds is 3. The van der Waals surface area contributed by atoms with Gasteiger partial charge in [0.05, 0.1) is 21.9 Å². The van der Waals surface area contributed by atoms with Crippen LogP contribution in [0, 0.1) is 0 Å². The van der Waals surface area contributed by atoms with Crippen molar-refractivity contribution in [3.63, 3.8) is 0 Å². The fourth-order valence-corrected chi connectivity index (χ4v) is 5.18. The van der Waals surface area contributed by atoms with Crippen LogP contribution in [0.15, 0.2) is 53.1 Å². The number of nitrogens with zero attached hydrogens (tertiary/aromatic N) is 1. The molecule has 1 amide bonds.